The maximum atomic E-state index is 12.6. The van der Waals surface area contributed by atoms with Gasteiger partial charge in [-0.3, -0.25) is 9.78 Å². The number of halogens is 2. The number of nitrogens with zero attached hydrogens (tertiary/aromatic N) is 2. The minimum absolute atomic E-state index is 0.0529. The van der Waals surface area contributed by atoms with Crippen LogP contribution in [0.3, 0.4) is 0 Å². The number of carbonyl (C=O) groups is 1. The second kappa shape index (κ2) is 7.51. The molecule has 1 aliphatic heterocycles. The van der Waals surface area contributed by atoms with Crippen LogP contribution in [0.15, 0.2) is 42.7 Å². The number of benzene rings is 1. The third kappa shape index (κ3) is 3.72. The first-order chi connectivity index (χ1) is 11.6. The molecule has 24 heavy (non-hydrogen) atoms. The number of hydrogen-bond acceptors (Lipinski definition) is 3. The van der Waals surface area contributed by atoms with Crippen molar-refractivity contribution in [3.63, 3.8) is 0 Å². The molecule has 2 heterocycles. The van der Waals surface area contributed by atoms with Crippen molar-refractivity contribution in [2.75, 3.05) is 13.1 Å². The third-order valence-corrected chi connectivity index (χ3v) is 5.20. The molecule has 0 spiro atoms. The Kier molecular flexibility index (Phi) is 5.39. The molecule has 0 bridgehead atoms. The lowest BCUT2D eigenvalue weighted by Gasteiger charge is -2.34. The SMILES string of the molecule is O=C(c1ccc(Cl)c(Cl)c1)N1CCC(C(O)c2cccnc2)CC1. The van der Waals surface area contributed by atoms with Gasteiger partial charge in [-0.2, -0.15) is 0 Å². The van der Waals surface area contributed by atoms with Crippen molar-refractivity contribution in [1.82, 2.24) is 9.88 Å². The highest BCUT2D eigenvalue weighted by molar-refractivity contribution is 6.42. The summed E-state index contributed by atoms with van der Waals surface area (Å²) in [4.78, 5) is 18.4. The highest BCUT2D eigenvalue weighted by Gasteiger charge is 2.28. The molecule has 126 valence electrons. The number of hydrogen-bond donors (Lipinski definition) is 1. The minimum Gasteiger partial charge on any atom is -0.388 e. The second-order valence-electron chi connectivity index (χ2n) is 5.99. The molecule has 1 aromatic carbocycles. The van der Waals surface area contributed by atoms with Crippen molar-refractivity contribution in [1.29, 1.82) is 0 Å². The maximum Gasteiger partial charge on any atom is 0.253 e. The molecule has 3 rings (SSSR count). The van der Waals surface area contributed by atoms with Crippen LogP contribution in [0.25, 0.3) is 0 Å². The molecular formula is C18H18Cl2N2O2. The lowest BCUT2D eigenvalue weighted by Crippen LogP contribution is -2.39. The number of aliphatic hydroxyl groups excluding tert-OH is 1. The highest BCUT2D eigenvalue weighted by Crippen LogP contribution is 2.31. The van der Waals surface area contributed by atoms with E-state index in [1.165, 1.54) is 0 Å². The highest BCUT2D eigenvalue weighted by atomic mass is 35.5. The Hall–Kier alpha value is -1.62. The Morgan fingerprint density at radius 1 is 1.21 bits per heavy atom. The Morgan fingerprint density at radius 3 is 2.58 bits per heavy atom. The van der Waals surface area contributed by atoms with Crippen LogP contribution < -0.4 is 0 Å². The van der Waals surface area contributed by atoms with Crippen LogP contribution >= 0.6 is 23.2 Å². The van der Waals surface area contributed by atoms with Crippen molar-refractivity contribution in [2.45, 2.75) is 18.9 Å². The smallest absolute Gasteiger partial charge is 0.253 e. The molecule has 1 unspecified atom stereocenters. The molecule has 1 aromatic heterocycles. The van der Waals surface area contributed by atoms with E-state index >= 15 is 0 Å². The first-order valence-corrected chi connectivity index (χ1v) is 8.64. The molecule has 4 nitrogen and oxygen atoms in total. The van der Waals surface area contributed by atoms with E-state index in [1.54, 1.807) is 35.5 Å². The van der Waals surface area contributed by atoms with Crippen molar-refractivity contribution in [3.05, 3.63) is 63.9 Å². The molecule has 0 aliphatic carbocycles. The topological polar surface area (TPSA) is 53.4 Å². The van der Waals surface area contributed by atoms with Crippen LogP contribution in [0, 0.1) is 5.92 Å². The molecule has 2 aromatic rings. The van der Waals surface area contributed by atoms with E-state index in [-0.39, 0.29) is 11.8 Å². The van der Waals surface area contributed by atoms with E-state index in [2.05, 4.69) is 4.98 Å². The summed E-state index contributed by atoms with van der Waals surface area (Å²) in [6.45, 7) is 1.22. The molecule has 6 heteroatoms. The number of carbonyl (C=O) groups excluding carboxylic acids is 1. The fourth-order valence-electron chi connectivity index (χ4n) is 3.05. The van der Waals surface area contributed by atoms with Crippen molar-refractivity contribution >= 4 is 29.1 Å². The number of aromatic nitrogens is 1. The van der Waals surface area contributed by atoms with E-state index in [0.29, 0.717) is 28.7 Å². The van der Waals surface area contributed by atoms with Crippen molar-refractivity contribution in [3.8, 4) is 0 Å². The average molecular weight is 365 g/mol. The quantitative estimate of drug-likeness (QED) is 0.895. The molecule has 1 N–H and O–H groups in total. The van der Waals surface area contributed by atoms with Gasteiger partial charge >= 0.3 is 0 Å². The van der Waals surface area contributed by atoms with Gasteiger partial charge in [-0.05, 0) is 48.6 Å². The fourth-order valence-corrected chi connectivity index (χ4v) is 3.35. The Bertz CT molecular complexity index is 716. The largest absolute Gasteiger partial charge is 0.388 e. The average Bonchev–Trinajstić information content (AvgIpc) is 2.63. The Morgan fingerprint density at radius 2 is 1.96 bits per heavy atom. The van der Waals surface area contributed by atoms with Crippen LogP contribution in [0.5, 0.6) is 0 Å². The zero-order chi connectivity index (χ0) is 17.1. The van der Waals surface area contributed by atoms with E-state index in [4.69, 9.17) is 23.2 Å². The van der Waals surface area contributed by atoms with Crippen LogP contribution in [-0.2, 0) is 0 Å². The zero-order valence-electron chi connectivity index (χ0n) is 13.0. The van der Waals surface area contributed by atoms with Gasteiger partial charge < -0.3 is 10.0 Å². The number of amides is 1. The van der Waals surface area contributed by atoms with E-state index < -0.39 is 6.10 Å². The fraction of sp³-hybridized carbons (Fsp3) is 0.333. The van der Waals surface area contributed by atoms with Crippen LogP contribution in [0.2, 0.25) is 10.0 Å². The third-order valence-electron chi connectivity index (χ3n) is 4.47. The van der Waals surface area contributed by atoms with Gasteiger partial charge in [0.2, 0.25) is 0 Å². The van der Waals surface area contributed by atoms with Crippen LogP contribution in [0.1, 0.15) is 34.9 Å². The summed E-state index contributed by atoms with van der Waals surface area (Å²) >= 11 is 11.9. The number of rotatable bonds is 3. The Balaban J connectivity index is 1.62. The summed E-state index contributed by atoms with van der Waals surface area (Å²) in [5.41, 5.74) is 1.36. The van der Waals surface area contributed by atoms with Gasteiger partial charge in [-0.1, -0.05) is 29.3 Å². The van der Waals surface area contributed by atoms with E-state index in [9.17, 15) is 9.90 Å². The van der Waals surface area contributed by atoms with E-state index in [1.807, 2.05) is 12.1 Å². The van der Waals surface area contributed by atoms with Gasteiger partial charge in [0.15, 0.2) is 0 Å². The normalized spacial score (nSPS) is 16.9. The molecule has 0 radical (unpaired) electrons. The first-order valence-electron chi connectivity index (χ1n) is 7.88. The van der Waals surface area contributed by atoms with Gasteiger partial charge in [-0.25, -0.2) is 0 Å². The van der Waals surface area contributed by atoms with Gasteiger partial charge in [0, 0.05) is 31.0 Å². The summed E-state index contributed by atoms with van der Waals surface area (Å²) in [6, 6.07) is 8.62. The maximum absolute atomic E-state index is 12.6. The molecule has 1 saturated heterocycles. The lowest BCUT2D eigenvalue weighted by atomic mass is 9.88. The van der Waals surface area contributed by atoms with Gasteiger partial charge in [0.05, 0.1) is 16.1 Å². The summed E-state index contributed by atoms with van der Waals surface area (Å²) in [6.07, 6.45) is 4.35. The molecular weight excluding hydrogens is 347 g/mol. The summed E-state index contributed by atoms with van der Waals surface area (Å²) in [7, 11) is 0. The van der Waals surface area contributed by atoms with Gasteiger partial charge in [-0.15, -0.1) is 0 Å². The predicted octanol–water partition coefficient (Wildman–Crippen LogP) is 3.97. The van der Waals surface area contributed by atoms with E-state index in [0.717, 1.165) is 18.4 Å². The summed E-state index contributed by atoms with van der Waals surface area (Å²) in [5, 5.41) is 11.3. The lowest BCUT2D eigenvalue weighted by molar-refractivity contribution is 0.0461. The minimum atomic E-state index is -0.541. The Labute approximate surface area is 151 Å². The zero-order valence-corrected chi connectivity index (χ0v) is 14.5. The second-order valence-corrected chi connectivity index (χ2v) is 6.80. The number of aliphatic hydroxyl groups is 1. The van der Waals surface area contributed by atoms with Crippen molar-refractivity contribution in [2.24, 2.45) is 5.92 Å². The predicted molar refractivity (Wildman–Crippen MR) is 94.3 cm³/mol. The number of pyridine rings is 1. The van der Waals surface area contributed by atoms with Gasteiger partial charge in [0.25, 0.3) is 5.91 Å². The molecule has 1 atom stereocenters. The monoisotopic (exact) mass is 364 g/mol. The van der Waals surface area contributed by atoms with Gasteiger partial charge in [0.1, 0.15) is 0 Å². The molecule has 1 fully saturated rings. The van der Waals surface area contributed by atoms with Crippen LogP contribution in [0.4, 0.5) is 0 Å². The van der Waals surface area contributed by atoms with Crippen LogP contribution in [-0.4, -0.2) is 34.0 Å². The summed E-state index contributed by atoms with van der Waals surface area (Å²) in [5.74, 6) is 0.0786. The van der Waals surface area contributed by atoms with Crippen molar-refractivity contribution < 1.29 is 9.90 Å². The molecule has 1 amide bonds. The molecule has 1 aliphatic rings. The first kappa shape index (κ1) is 17.2. The molecule has 0 saturated carbocycles. The number of likely N-dealkylation sites (tertiary alicyclic amines) is 1. The number of piperidine rings is 1. The standard InChI is InChI=1S/C18H18Cl2N2O2/c19-15-4-3-13(10-16(15)20)18(24)22-8-5-12(6-9-22)17(23)14-2-1-7-21-11-14/h1-4,7,10-12,17,23H,5-6,8-9H2. The summed E-state index contributed by atoms with van der Waals surface area (Å²) < 4.78 is 0.